The molecule has 0 bridgehead atoms. The summed E-state index contributed by atoms with van der Waals surface area (Å²) in [5.41, 5.74) is 6.86. The van der Waals surface area contributed by atoms with Crippen LogP contribution < -0.4 is 5.73 Å². The smallest absolute Gasteiger partial charge is 0.263 e. The van der Waals surface area contributed by atoms with E-state index in [0.29, 0.717) is 23.6 Å². The van der Waals surface area contributed by atoms with E-state index < -0.39 is 0 Å². The van der Waals surface area contributed by atoms with E-state index in [4.69, 9.17) is 17.3 Å². The maximum absolute atomic E-state index is 12.2. The molecule has 5 heteroatoms. The molecule has 1 aromatic heterocycles. The predicted octanol–water partition coefficient (Wildman–Crippen LogP) is 1.73. The van der Waals surface area contributed by atoms with Gasteiger partial charge in [-0.1, -0.05) is 11.6 Å². The minimum Gasteiger partial charge on any atom is -0.330 e. The van der Waals surface area contributed by atoms with Gasteiger partial charge in [-0.2, -0.15) is 0 Å². The van der Waals surface area contributed by atoms with E-state index in [1.807, 2.05) is 0 Å². The lowest BCUT2D eigenvalue weighted by molar-refractivity contribution is 0.0957. The summed E-state index contributed by atoms with van der Waals surface area (Å²) in [4.78, 5) is 16.1. The fraction of sp³-hybridized carbons (Fsp3) is 0.167. The van der Waals surface area contributed by atoms with Crippen LogP contribution in [0.5, 0.6) is 0 Å². The summed E-state index contributed by atoms with van der Waals surface area (Å²) in [7, 11) is 0. The zero-order chi connectivity index (χ0) is 12.3. The lowest BCUT2D eigenvalue weighted by Crippen LogP contribution is -2.16. The van der Waals surface area contributed by atoms with Gasteiger partial charge in [0.15, 0.2) is 0 Å². The molecule has 1 aromatic carbocycles. The van der Waals surface area contributed by atoms with Crippen LogP contribution in [-0.2, 0) is 6.42 Å². The lowest BCUT2D eigenvalue weighted by Gasteiger charge is -2.05. The SMILES string of the molecule is NCCc1cncn1C(=O)c1ccc(Cl)cc1. The Bertz CT molecular complexity index is 519. The summed E-state index contributed by atoms with van der Waals surface area (Å²) in [5.74, 6) is -0.123. The summed E-state index contributed by atoms with van der Waals surface area (Å²) in [6.07, 6.45) is 3.78. The normalized spacial score (nSPS) is 10.5. The standard InChI is InChI=1S/C12H12ClN3O/c13-10-3-1-9(2-4-10)12(17)16-8-15-7-11(16)5-6-14/h1-4,7-8H,5-6,14H2. The van der Waals surface area contributed by atoms with Crippen LogP contribution in [0.4, 0.5) is 0 Å². The minimum atomic E-state index is -0.123. The van der Waals surface area contributed by atoms with Crippen LogP contribution in [0.25, 0.3) is 0 Å². The second kappa shape index (κ2) is 5.12. The molecule has 0 aliphatic heterocycles. The Morgan fingerprint density at radius 1 is 1.35 bits per heavy atom. The zero-order valence-corrected chi connectivity index (χ0v) is 9.89. The van der Waals surface area contributed by atoms with E-state index in [1.54, 1.807) is 30.5 Å². The molecule has 0 spiro atoms. The van der Waals surface area contributed by atoms with E-state index in [-0.39, 0.29) is 5.91 Å². The number of benzene rings is 1. The number of nitrogens with two attached hydrogens (primary N) is 1. The highest BCUT2D eigenvalue weighted by molar-refractivity contribution is 6.30. The molecule has 0 aliphatic carbocycles. The number of halogens is 1. The fourth-order valence-corrected chi connectivity index (χ4v) is 1.70. The molecule has 0 atom stereocenters. The van der Waals surface area contributed by atoms with Gasteiger partial charge >= 0.3 is 0 Å². The van der Waals surface area contributed by atoms with Gasteiger partial charge in [-0.15, -0.1) is 0 Å². The van der Waals surface area contributed by atoms with Gasteiger partial charge in [-0.25, -0.2) is 4.98 Å². The Labute approximate surface area is 104 Å². The van der Waals surface area contributed by atoms with Gasteiger partial charge in [0.25, 0.3) is 5.91 Å². The van der Waals surface area contributed by atoms with Crippen molar-refractivity contribution < 1.29 is 4.79 Å². The first kappa shape index (κ1) is 11.8. The molecule has 1 heterocycles. The van der Waals surface area contributed by atoms with Crippen molar-refractivity contribution in [3.05, 3.63) is 53.1 Å². The maximum atomic E-state index is 12.2. The number of carbonyl (C=O) groups is 1. The summed E-state index contributed by atoms with van der Waals surface area (Å²) < 4.78 is 1.51. The van der Waals surface area contributed by atoms with Crippen molar-refractivity contribution in [1.29, 1.82) is 0 Å². The van der Waals surface area contributed by atoms with Crippen LogP contribution in [-0.4, -0.2) is 22.0 Å². The molecule has 17 heavy (non-hydrogen) atoms. The monoisotopic (exact) mass is 249 g/mol. The number of nitrogens with zero attached hydrogens (tertiary/aromatic N) is 2. The summed E-state index contributed by atoms with van der Waals surface area (Å²) >= 11 is 5.78. The third kappa shape index (κ3) is 2.54. The quantitative estimate of drug-likeness (QED) is 0.901. The predicted molar refractivity (Wildman–Crippen MR) is 66.2 cm³/mol. The molecular weight excluding hydrogens is 238 g/mol. The van der Waals surface area contributed by atoms with Gasteiger partial charge in [0.05, 0.1) is 0 Å². The van der Waals surface area contributed by atoms with Crippen LogP contribution in [0.15, 0.2) is 36.8 Å². The van der Waals surface area contributed by atoms with Gasteiger partial charge in [0.2, 0.25) is 0 Å². The molecule has 0 saturated carbocycles. The maximum Gasteiger partial charge on any atom is 0.263 e. The molecule has 2 aromatic rings. The van der Waals surface area contributed by atoms with Gasteiger partial charge in [-0.3, -0.25) is 9.36 Å². The van der Waals surface area contributed by atoms with Crippen LogP contribution in [0.3, 0.4) is 0 Å². The topological polar surface area (TPSA) is 60.9 Å². The van der Waals surface area contributed by atoms with E-state index in [9.17, 15) is 4.79 Å². The third-order valence-electron chi connectivity index (χ3n) is 2.43. The molecule has 0 amide bonds. The van der Waals surface area contributed by atoms with Gasteiger partial charge in [0.1, 0.15) is 6.33 Å². The first-order chi connectivity index (χ1) is 8.22. The van der Waals surface area contributed by atoms with E-state index >= 15 is 0 Å². The molecule has 2 N–H and O–H groups in total. The van der Waals surface area contributed by atoms with Crippen molar-refractivity contribution in [2.75, 3.05) is 6.54 Å². The highest BCUT2D eigenvalue weighted by atomic mass is 35.5. The lowest BCUT2D eigenvalue weighted by atomic mass is 10.2. The third-order valence-corrected chi connectivity index (χ3v) is 2.68. The number of rotatable bonds is 3. The molecule has 4 nitrogen and oxygen atoms in total. The Morgan fingerprint density at radius 2 is 2.06 bits per heavy atom. The van der Waals surface area contributed by atoms with Crippen LogP contribution in [0.1, 0.15) is 16.1 Å². The van der Waals surface area contributed by atoms with Crippen LogP contribution in [0.2, 0.25) is 5.02 Å². The second-order valence-corrected chi connectivity index (χ2v) is 4.04. The highest BCUT2D eigenvalue weighted by Gasteiger charge is 2.11. The second-order valence-electron chi connectivity index (χ2n) is 3.61. The van der Waals surface area contributed by atoms with Crippen molar-refractivity contribution in [2.45, 2.75) is 6.42 Å². The Morgan fingerprint density at radius 3 is 2.71 bits per heavy atom. The van der Waals surface area contributed by atoms with Crippen molar-refractivity contribution in [3.8, 4) is 0 Å². The molecule has 0 aliphatic rings. The van der Waals surface area contributed by atoms with Crippen LogP contribution >= 0.6 is 11.6 Å². The first-order valence-electron chi connectivity index (χ1n) is 5.24. The minimum absolute atomic E-state index is 0.123. The van der Waals surface area contributed by atoms with Gasteiger partial charge < -0.3 is 5.73 Å². The molecule has 88 valence electrons. The van der Waals surface area contributed by atoms with Gasteiger partial charge in [-0.05, 0) is 30.8 Å². The Hall–Kier alpha value is -1.65. The van der Waals surface area contributed by atoms with E-state index in [0.717, 1.165) is 5.69 Å². The Kier molecular flexibility index (Phi) is 3.56. The average Bonchev–Trinajstić information content (AvgIpc) is 2.78. The number of aromatic nitrogens is 2. The van der Waals surface area contributed by atoms with Gasteiger partial charge in [0, 0.05) is 28.9 Å². The van der Waals surface area contributed by atoms with Crippen molar-refractivity contribution in [2.24, 2.45) is 5.73 Å². The highest BCUT2D eigenvalue weighted by Crippen LogP contribution is 2.12. The van der Waals surface area contributed by atoms with Crippen molar-refractivity contribution >= 4 is 17.5 Å². The zero-order valence-electron chi connectivity index (χ0n) is 9.14. The fourth-order valence-electron chi connectivity index (χ4n) is 1.57. The summed E-state index contributed by atoms with van der Waals surface area (Å²) in [6, 6.07) is 6.76. The van der Waals surface area contributed by atoms with E-state index in [2.05, 4.69) is 4.98 Å². The van der Waals surface area contributed by atoms with Crippen molar-refractivity contribution in [1.82, 2.24) is 9.55 Å². The summed E-state index contributed by atoms with van der Waals surface area (Å²) in [6.45, 7) is 0.486. The molecule has 2 rings (SSSR count). The molecule has 0 saturated heterocycles. The van der Waals surface area contributed by atoms with Crippen LogP contribution in [0, 0.1) is 0 Å². The number of imidazole rings is 1. The molecule has 0 fully saturated rings. The summed E-state index contributed by atoms with van der Waals surface area (Å²) in [5, 5.41) is 0.606. The number of hydrogen-bond donors (Lipinski definition) is 1. The van der Waals surface area contributed by atoms with E-state index in [1.165, 1.54) is 10.9 Å². The largest absolute Gasteiger partial charge is 0.330 e. The van der Waals surface area contributed by atoms with Crippen molar-refractivity contribution in [3.63, 3.8) is 0 Å². The average molecular weight is 250 g/mol. The number of carbonyl (C=O) groups excluding carboxylic acids is 1. The Balaban J connectivity index is 2.30. The molecule has 0 radical (unpaired) electrons. The molecular formula is C12H12ClN3O. The first-order valence-corrected chi connectivity index (χ1v) is 5.61. The molecule has 0 unspecified atom stereocenters. The number of hydrogen-bond acceptors (Lipinski definition) is 3.